The molecule has 0 bridgehead atoms. The lowest BCUT2D eigenvalue weighted by molar-refractivity contribution is -0.115. The average Bonchev–Trinajstić information content (AvgIpc) is 3.29. The number of rotatable bonds is 9. The van der Waals surface area contributed by atoms with Gasteiger partial charge in [-0.05, 0) is 63.2 Å². The Morgan fingerprint density at radius 2 is 1.58 bits per heavy atom. The van der Waals surface area contributed by atoms with E-state index in [1.54, 1.807) is 25.3 Å². The molecule has 0 aliphatic carbocycles. The van der Waals surface area contributed by atoms with Gasteiger partial charge in [-0.3, -0.25) is 9.59 Å². The highest BCUT2D eigenvalue weighted by Gasteiger charge is 2.18. The van der Waals surface area contributed by atoms with E-state index >= 15 is 0 Å². The van der Waals surface area contributed by atoms with Crippen LogP contribution < -0.4 is 20.1 Å². The van der Waals surface area contributed by atoms with Crippen LogP contribution in [0.2, 0.25) is 0 Å². The summed E-state index contributed by atoms with van der Waals surface area (Å²) in [7, 11) is 3.07. The largest absolute Gasteiger partial charge is 0.493 e. The molecule has 1 atom stereocenters. The number of carbonyl (C=O) groups is 2. The number of amides is 2. The van der Waals surface area contributed by atoms with Crippen LogP contribution in [0.15, 0.2) is 71.6 Å². The molecule has 0 radical (unpaired) electrons. The van der Waals surface area contributed by atoms with Crippen LogP contribution in [0.5, 0.6) is 11.5 Å². The molecule has 3 aromatic carbocycles. The van der Waals surface area contributed by atoms with Crippen LogP contribution in [0.25, 0.3) is 11.3 Å². The highest BCUT2D eigenvalue weighted by Crippen LogP contribution is 2.32. The van der Waals surface area contributed by atoms with Crippen LogP contribution in [0, 0.1) is 13.8 Å². The summed E-state index contributed by atoms with van der Waals surface area (Å²) < 4.78 is 10.5. The summed E-state index contributed by atoms with van der Waals surface area (Å²) in [5.74, 6) is 0.659. The third kappa shape index (κ3) is 6.54. The number of carbonyl (C=O) groups excluding carboxylic acids is 2. The monoisotopic (exact) mass is 547 g/mol. The van der Waals surface area contributed by atoms with Crippen molar-refractivity contribution in [3.05, 3.63) is 82.7 Å². The van der Waals surface area contributed by atoms with Gasteiger partial charge in [-0.1, -0.05) is 29.8 Å². The number of aromatic nitrogens is 1. The molecule has 7 nitrogen and oxygen atoms in total. The number of nitrogens with zero attached hydrogens (tertiary/aromatic N) is 1. The number of aryl methyl sites for hydroxylation is 2. The van der Waals surface area contributed by atoms with E-state index in [0.717, 1.165) is 21.0 Å². The number of thiazole rings is 1. The second-order valence-corrected chi connectivity index (χ2v) is 11.2. The predicted molar refractivity (Wildman–Crippen MR) is 155 cm³/mol. The molecule has 4 aromatic rings. The third-order valence-electron chi connectivity index (χ3n) is 5.79. The van der Waals surface area contributed by atoms with Crippen molar-refractivity contribution in [1.29, 1.82) is 0 Å². The van der Waals surface area contributed by atoms with Crippen molar-refractivity contribution in [3.8, 4) is 22.8 Å². The molecule has 0 saturated heterocycles. The van der Waals surface area contributed by atoms with Gasteiger partial charge < -0.3 is 20.1 Å². The molecule has 1 unspecified atom stereocenters. The number of nitrogens with one attached hydrogen (secondary N) is 2. The molecule has 196 valence electrons. The molecule has 4 rings (SSSR count). The molecular weight excluding hydrogens is 518 g/mol. The zero-order valence-corrected chi connectivity index (χ0v) is 23.5. The van der Waals surface area contributed by atoms with E-state index in [9.17, 15) is 9.59 Å². The molecule has 0 spiro atoms. The van der Waals surface area contributed by atoms with E-state index in [1.165, 1.54) is 35.8 Å². The van der Waals surface area contributed by atoms with Gasteiger partial charge in [0.1, 0.15) is 0 Å². The van der Waals surface area contributed by atoms with Crippen molar-refractivity contribution >= 4 is 45.7 Å². The molecule has 0 saturated carbocycles. The SMILES string of the molecule is COc1ccc(C(=O)Nc2ccc(SC(C)C(=O)Nc3nc(-c4ccc(C)cc4)c(C)s3)cc2)cc1OC. The predicted octanol–water partition coefficient (Wildman–Crippen LogP) is 6.82. The highest BCUT2D eigenvalue weighted by atomic mass is 32.2. The van der Waals surface area contributed by atoms with Gasteiger partial charge >= 0.3 is 0 Å². The quantitative estimate of drug-likeness (QED) is 0.224. The second-order valence-electron chi connectivity index (χ2n) is 8.59. The maximum Gasteiger partial charge on any atom is 0.255 e. The van der Waals surface area contributed by atoms with E-state index in [2.05, 4.69) is 27.8 Å². The minimum absolute atomic E-state index is 0.120. The summed E-state index contributed by atoms with van der Waals surface area (Å²) in [5, 5.41) is 6.07. The van der Waals surface area contributed by atoms with Gasteiger partial charge in [-0.2, -0.15) is 0 Å². The summed E-state index contributed by atoms with van der Waals surface area (Å²) in [4.78, 5) is 32.1. The standard InChI is InChI=1S/C29H29N3O4S2/c1-17-6-8-20(9-7-17)26-18(2)38-29(31-26)32-27(33)19(3)37-23-13-11-22(12-14-23)30-28(34)21-10-15-24(35-4)25(16-21)36-5/h6-16,19H,1-5H3,(H,30,34)(H,31,32,33). The van der Waals surface area contributed by atoms with Crippen molar-refractivity contribution < 1.29 is 19.1 Å². The van der Waals surface area contributed by atoms with Gasteiger partial charge in [0, 0.05) is 26.6 Å². The van der Waals surface area contributed by atoms with Crippen LogP contribution in [0.3, 0.4) is 0 Å². The molecule has 2 N–H and O–H groups in total. The fourth-order valence-corrected chi connectivity index (χ4v) is 5.40. The summed E-state index contributed by atoms with van der Waals surface area (Å²) >= 11 is 2.90. The van der Waals surface area contributed by atoms with E-state index in [1.807, 2.05) is 57.2 Å². The molecule has 1 heterocycles. The van der Waals surface area contributed by atoms with Gasteiger partial charge in [0.25, 0.3) is 5.91 Å². The van der Waals surface area contributed by atoms with Crippen molar-refractivity contribution in [2.24, 2.45) is 0 Å². The lowest BCUT2D eigenvalue weighted by Gasteiger charge is -2.12. The van der Waals surface area contributed by atoms with Gasteiger partial charge in [0.15, 0.2) is 16.6 Å². The number of anilines is 2. The summed E-state index contributed by atoms with van der Waals surface area (Å²) in [5.41, 5.74) is 4.21. The van der Waals surface area contributed by atoms with Crippen LogP contribution in [-0.4, -0.2) is 36.3 Å². The number of thioether (sulfide) groups is 1. The zero-order valence-electron chi connectivity index (χ0n) is 21.8. The third-order valence-corrected chi connectivity index (χ3v) is 7.79. The Morgan fingerprint density at radius 3 is 2.24 bits per heavy atom. The van der Waals surface area contributed by atoms with Crippen molar-refractivity contribution in [2.75, 3.05) is 24.9 Å². The second kappa shape index (κ2) is 12.1. The van der Waals surface area contributed by atoms with Crippen molar-refractivity contribution in [2.45, 2.75) is 30.9 Å². The first-order chi connectivity index (χ1) is 18.3. The Hall–Kier alpha value is -3.82. The topological polar surface area (TPSA) is 89.5 Å². The van der Waals surface area contributed by atoms with Crippen molar-refractivity contribution in [3.63, 3.8) is 0 Å². The first kappa shape index (κ1) is 27.2. The number of ether oxygens (including phenoxy) is 2. The van der Waals surface area contributed by atoms with Gasteiger partial charge in [-0.25, -0.2) is 4.98 Å². The van der Waals surface area contributed by atoms with E-state index in [0.29, 0.717) is 27.9 Å². The smallest absolute Gasteiger partial charge is 0.255 e. The van der Waals surface area contributed by atoms with Gasteiger partial charge in [-0.15, -0.1) is 23.1 Å². The minimum atomic E-state index is -0.339. The molecule has 2 amide bonds. The first-order valence-corrected chi connectivity index (χ1v) is 13.6. The van der Waals surface area contributed by atoms with Crippen LogP contribution in [0.1, 0.15) is 27.7 Å². The van der Waals surface area contributed by atoms with E-state index in [-0.39, 0.29) is 17.1 Å². The van der Waals surface area contributed by atoms with Crippen LogP contribution >= 0.6 is 23.1 Å². The fourth-order valence-electron chi connectivity index (χ4n) is 3.69. The number of benzene rings is 3. The fraction of sp³-hybridized carbons (Fsp3) is 0.207. The Kier molecular flexibility index (Phi) is 8.70. The lowest BCUT2D eigenvalue weighted by Crippen LogP contribution is -2.22. The molecule has 0 fully saturated rings. The Morgan fingerprint density at radius 1 is 0.895 bits per heavy atom. The minimum Gasteiger partial charge on any atom is -0.493 e. The maximum absolute atomic E-state index is 12.8. The maximum atomic E-state index is 12.8. The van der Waals surface area contributed by atoms with Gasteiger partial charge in [0.05, 0.1) is 25.2 Å². The summed E-state index contributed by atoms with van der Waals surface area (Å²) in [6, 6.07) is 20.6. The molecule has 1 aromatic heterocycles. The van der Waals surface area contributed by atoms with E-state index in [4.69, 9.17) is 9.47 Å². The average molecular weight is 548 g/mol. The number of hydrogen-bond donors (Lipinski definition) is 2. The molecule has 0 aliphatic heterocycles. The number of hydrogen-bond acceptors (Lipinski definition) is 7. The Labute approximate surface area is 230 Å². The number of methoxy groups -OCH3 is 2. The molecule has 0 aliphatic rings. The van der Waals surface area contributed by atoms with Crippen LogP contribution in [0.4, 0.5) is 10.8 Å². The molecule has 9 heteroatoms. The summed E-state index contributed by atoms with van der Waals surface area (Å²) in [6.45, 7) is 5.91. The van der Waals surface area contributed by atoms with Gasteiger partial charge in [0.2, 0.25) is 5.91 Å². The Bertz CT molecular complexity index is 1430. The first-order valence-electron chi connectivity index (χ1n) is 11.9. The molecule has 38 heavy (non-hydrogen) atoms. The normalized spacial score (nSPS) is 11.5. The summed E-state index contributed by atoms with van der Waals surface area (Å²) in [6.07, 6.45) is 0. The zero-order chi connectivity index (χ0) is 27.2. The van der Waals surface area contributed by atoms with Crippen LogP contribution in [-0.2, 0) is 4.79 Å². The molecular formula is C29H29N3O4S2. The highest BCUT2D eigenvalue weighted by molar-refractivity contribution is 8.00. The van der Waals surface area contributed by atoms with Crippen molar-refractivity contribution in [1.82, 2.24) is 4.98 Å². The van der Waals surface area contributed by atoms with E-state index < -0.39 is 0 Å². The lowest BCUT2D eigenvalue weighted by atomic mass is 10.1. The Balaban J connectivity index is 1.34.